The zero-order chi connectivity index (χ0) is 11.8. The first-order valence-electron chi connectivity index (χ1n) is 5.88. The topological polar surface area (TPSA) is 20.3 Å². The summed E-state index contributed by atoms with van der Waals surface area (Å²) in [5.41, 5.74) is 1.09. The zero-order valence-corrected chi connectivity index (χ0v) is 11.8. The predicted octanol–water partition coefficient (Wildman–Crippen LogP) is 2.71. The van der Waals surface area contributed by atoms with Crippen LogP contribution in [0, 0.1) is 0 Å². The number of nitrogens with zero attached hydrogens (tertiary/aromatic N) is 1. The Morgan fingerprint density at radius 2 is 2.29 bits per heavy atom. The van der Waals surface area contributed by atoms with E-state index in [2.05, 4.69) is 20.8 Å². The molecule has 2 heterocycles. The van der Waals surface area contributed by atoms with E-state index >= 15 is 0 Å². The maximum absolute atomic E-state index is 12.3. The molecule has 1 aromatic rings. The number of amides is 1. The monoisotopic (exact) mass is 311 g/mol. The summed E-state index contributed by atoms with van der Waals surface area (Å²) in [5, 5.41) is 0.697. The van der Waals surface area contributed by atoms with Gasteiger partial charge in [0.25, 0.3) is 0 Å². The molecule has 90 valence electrons. The van der Waals surface area contributed by atoms with Crippen LogP contribution >= 0.6 is 27.7 Å². The van der Waals surface area contributed by atoms with Crippen LogP contribution in [0.15, 0.2) is 28.7 Å². The zero-order valence-electron chi connectivity index (χ0n) is 9.43. The quantitative estimate of drug-likeness (QED) is 0.837. The van der Waals surface area contributed by atoms with Gasteiger partial charge in [0, 0.05) is 28.1 Å². The average molecular weight is 312 g/mol. The van der Waals surface area contributed by atoms with Gasteiger partial charge in [-0.3, -0.25) is 4.79 Å². The van der Waals surface area contributed by atoms with E-state index in [4.69, 9.17) is 0 Å². The molecule has 4 heteroatoms. The van der Waals surface area contributed by atoms with Gasteiger partial charge in [-0.05, 0) is 18.1 Å². The number of hydrogen-bond acceptors (Lipinski definition) is 2. The summed E-state index contributed by atoms with van der Waals surface area (Å²) >= 11 is 5.52. The molecule has 3 rings (SSSR count). The minimum Gasteiger partial charge on any atom is -0.337 e. The standard InChI is InChI=1S/C13H14BrNOS/c14-12-4-2-1-3-9(12)5-13(16)15-7-11-6-10(15)8-17-11/h1-4,10-11H,5-8H2. The SMILES string of the molecule is O=C(Cc1ccccc1Br)N1CC2CC1CS2. The normalized spacial score (nSPS) is 26.5. The molecule has 2 aliphatic rings. The number of rotatable bonds is 2. The van der Waals surface area contributed by atoms with Crippen LogP contribution in [0.2, 0.25) is 0 Å². The number of benzene rings is 1. The van der Waals surface area contributed by atoms with Gasteiger partial charge in [-0.15, -0.1) is 0 Å². The number of likely N-dealkylation sites (tertiary alicyclic amines) is 1. The maximum atomic E-state index is 12.3. The number of fused-ring (bicyclic) bond motifs is 2. The maximum Gasteiger partial charge on any atom is 0.227 e. The highest BCUT2D eigenvalue weighted by Crippen LogP contribution is 2.37. The van der Waals surface area contributed by atoms with Crippen LogP contribution in [0.25, 0.3) is 0 Å². The molecule has 0 aliphatic carbocycles. The number of halogens is 1. The van der Waals surface area contributed by atoms with Crippen LogP contribution in [0.1, 0.15) is 12.0 Å². The van der Waals surface area contributed by atoms with Crippen molar-refractivity contribution in [3.63, 3.8) is 0 Å². The molecule has 0 aromatic heterocycles. The summed E-state index contributed by atoms with van der Waals surface area (Å²) in [6.07, 6.45) is 1.72. The van der Waals surface area contributed by atoms with Crippen molar-refractivity contribution in [2.24, 2.45) is 0 Å². The Balaban J connectivity index is 1.70. The van der Waals surface area contributed by atoms with Gasteiger partial charge in [-0.2, -0.15) is 11.8 Å². The molecule has 0 spiro atoms. The molecule has 2 fully saturated rings. The Morgan fingerprint density at radius 3 is 2.94 bits per heavy atom. The van der Waals surface area contributed by atoms with Gasteiger partial charge in [0.2, 0.25) is 5.91 Å². The number of carbonyl (C=O) groups excluding carboxylic acids is 1. The van der Waals surface area contributed by atoms with Gasteiger partial charge in [0.05, 0.1) is 6.42 Å². The summed E-state index contributed by atoms with van der Waals surface area (Å²) in [4.78, 5) is 14.3. The second-order valence-corrected chi connectivity index (χ2v) is 6.85. The van der Waals surface area contributed by atoms with Gasteiger partial charge in [0.15, 0.2) is 0 Å². The van der Waals surface area contributed by atoms with Crippen molar-refractivity contribution >= 4 is 33.6 Å². The Kier molecular flexibility index (Phi) is 3.17. The number of hydrogen-bond donors (Lipinski definition) is 0. The summed E-state index contributed by atoms with van der Waals surface area (Å²) in [5.74, 6) is 1.41. The van der Waals surface area contributed by atoms with Crippen LogP contribution in [-0.2, 0) is 11.2 Å². The van der Waals surface area contributed by atoms with Gasteiger partial charge < -0.3 is 4.90 Å². The van der Waals surface area contributed by atoms with Crippen LogP contribution < -0.4 is 0 Å². The molecular formula is C13H14BrNOS. The van der Waals surface area contributed by atoms with Crippen LogP contribution in [-0.4, -0.2) is 34.4 Å². The van der Waals surface area contributed by atoms with Crippen LogP contribution in [0.3, 0.4) is 0 Å². The molecule has 2 bridgehead atoms. The van der Waals surface area contributed by atoms with Gasteiger partial charge >= 0.3 is 0 Å². The van der Waals surface area contributed by atoms with E-state index in [0.717, 1.165) is 22.3 Å². The fraction of sp³-hybridized carbons (Fsp3) is 0.462. The summed E-state index contributed by atoms with van der Waals surface area (Å²) in [6.45, 7) is 0.957. The Hall–Kier alpha value is -0.480. The predicted molar refractivity (Wildman–Crippen MR) is 74.2 cm³/mol. The van der Waals surface area contributed by atoms with E-state index in [9.17, 15) is 4.79 Å². The molecule has 1 aromatic carbocycles. The van der Waals surface area contributed by atoms with E-state index in [1.165, 1.54) is 6.42 Å². The van der Waals surface area contributed by atoms with Crippen molar-refractivity contribution < 1.29 is 4.79 Å². The first-order valence-corrected chi connectivity index (χ1v) is 7.72. The van der Waals surface area contributed by atoms with Gasteiger partial charge in [-0.1, -0.05) is 34.1 Å². The average Bonchev–Trinajstić information content (AvgIpc) is 2.94. The van der Waals surface area contributed by atoms with Crippen LogP contribution in [0.4, 0.5) is 0 Å². The highest BCUT2D eigenvalue weighted by molar-refractivity contribution is 9.10. The largest absolute Gasteiger partial charge is 0.337 e. The Morgan fingerprint density at radius 1 is 1.47 bits per heavy atom. The Bertz CT molecular complexity index is 451. The fourth-order valence-corrected chi connectivity index (χ4v) is 4.47. The summed E-state index contributed by atoms with van der Waals surface area (Å²) in [6, 6.07) is 8.48. The molecule has 2 aliphatic heterocycles. The van der Waals surface area contributed by atoms with Crippen molar-refractivity contribution in [3.05, 3.63) is 34.3 Å². The number of thioether (sulfide) groups is 1. The van der Waals surface area contributed by atoms with Crippen LogP contribution in [0.5, 0.6) is 0 Å². The van der Waals surface area contributed by atoms with Crippen molar-refractivity contribution in [1.82, 2.24) is 4.90 Å². The highest BCUT2D eigenvalue weighted by atomic mass is 79.9. The lowest BCUT2D eigenvalue weighted by atomic mass is 10.1. The molecular weight excluding hydrogens is 298 g/mol. The van der Waals surface area contributed by atoms with E-state index in [-0.39, 0.29) is 5.91 Å². The van der Waals surface area contributed by atoms with Crippen molar-refractivity contribution in [2.45, 2.75) is 24.1 Å². The van der Waals surface area contributed by atoms with Crippen molar-refractivity contribution in [1.29, 1.82) is 0 Å². The third-order valence-electron chi connectivity index (χ3n) is 3.52. The van der Waals surface area contributed by atoms with E-state index < -0.39 is 0 Å². The lowest BCUT2D eigenvalue weighted by Crippen LogP contribution is -2.40. The molecule has 0 radical (unpaired) electrons. The smallest absolute Gasteiger partial charge is 0.227 e. The third-order valence-corrected chi connectivity index (χ3v) is 5.68. The molecule has 17 heavy (non-hydrogen) atoms. The first kappa shape index (κ1) is 11.6. The highest BCUT2D eigenvalue weighted by Gasteiger charge is 2.40. The second-order valence-electron chi connectivity index (χ2n) is 4.66. The minimum atomic E-state index is 0.282. The van der Waals surface area contributed by atoms with Crippen molar-refractivity contribution in [2.75, 3.05) is 12.3 Å². The molecule has 2 unspecified atom stereocenters. The van der Waals surface area contributed by atoms with E-state index in [0.29, 0.717) is 17.7 Å². The minimum absolute atomic E-state index is 0.282. The molecule has 2 saturated heterocycles. The third kappa shape index (κ3) is 2.25. The van der Waals surface area contributed by atoms with E-state index in [1.54, 1.807) is 0 Å². The van der Waals surface area contributed by atoms with E-state index in [1.807, 2.05) is 36.0 Å². The lowest BCUT2D eigenvalue weighted by Gasteiger charge is -2.26. The lowest BCUT2D eigenvalue weighted by molar-refractivity contribution is -0.130. The molecule has 0 N–H and O–H groups in total. The summed E-state index contributed by atoms with van der Waals surface area (Å²) < 4.78 is 1.03. The van der Waals surface area contributed by atoms with Gasteiger partial charge in [0.1, 0.15) is 0 Å². The fourth-order valence-electron chi connectivity index (χ4n) is 2.61. The van der Waals surface area contributed by atoms with Gasteiger partial charge in [-0.25, -0.2) is 0 Å². The van der Waals surface area contributed by atoms with Crippen molar-refractivity contribution in [3.8, 4) is 0 Å². The first-order chi connectivity index (χ1) is 8.24. The molecule has 2 nitrogen and oxygen atoms in total. The molecule has 0 saturated carbocycles. The number of carbonyl (C=O) groups is 1. The molecule has 2 atom stereocenters. The second kappa shape index (κ2) is 4.65. The molecule has 1 amide bonds. The summed E-state index contributed by atoms with van der Waals surface area (Å²) in [7, 11) is 0. The Labute approximate surface area is 114 Å².